The van der Waals surface area contributed by atoms with E-state index in [4.69, 9.17) is 9.47 Å². The monoisotopic (exact) mass is 279 g/mol. The van der Waals surface area contributed by atoms with Crippen molar-refractivity contribution >= 4 is 5.97 Å². The highest BCUT2D eigenvalue weighted by atomic mass is 16.6. The van der Waals surface area contributed by atoms with Gasteiger partial charge in [0.1, 0.15) is 12.2 Å². The van der Waals surface area contributed by atoms with Crippen LogP contribution in [0.15, 0.2) is 11.6 Å². The lowest BCUT2D eigenvalue weighted by Crippen LogP contribution is -2.33. The van der Waals surface area contributed by atoms with Gasteiger partial charge in [-0.15, -0.1) is 0 Å². The van der Waals surface area contributed by atoms with Crippen LogP contribution >= 0.6 is 0 Å². The standard InChI is InChI=1S/C16H25NO3/c1-10-5-4-8-16(2)14(20-16)13-11(7-6-10)12(9-17-3)15(18)19-13/h5,11-14,17H,4,6-9H2,1-3H3/t11-,12-,13-,14-,16+/m0/s1. The van der Waals surface area contributed by atoms with E-state index >= 15 is 0 Å². The Morgan fingerprint density at radius 3 is 3.05 bits per heavy atom. The Labute approximate surface area is 120 Å². The van der Waals surface area contributed by atoms with Crippen molar-refractivity contribution in [2.45, 2.75) is 57.3 Å². The predicted octanol–water partition coefficient (Wildman–Crippen LogP) is 2.04. The van der Waals surface area contributed by atoms with Gasteiger partial charge in [0.2, 0.25) is 0 Å². The summed E-state index contributed by atoms with van der Waals surface area (Å²) in [4.78, 5) is 12.1. The van der Waals surface area contributed by atoms with Gasteiger partial charge in [-0.2, -0.15) is 0 Å². The van der Waals surface area contributed by atoms with Crippen molar-refractivity contribution in [1.82, 2.24) is 5.32 Å². The van der Waals surface area contributed by atoms with Crippen molar-refractivity contribution < 1.29 is 14.3 Å². The molecule has 2 fully saturated rings. The molecule has 0 unspecified atom stereocenters. The molecule has 0 aromatic carbocycles. The summed E-state index contributed by atoms with van der Waals surface area (Å²) in [5, 5.41) is 3.13. The molecule has 0 spiro atoms. The van der Waals surface area contributed by atoms with Gasteiger partial charge in [-0.25, -0.2) is 0 Å². The average molecular weight is 279 g/mol. The van der Waals surface area contributed by atoms with Gasteiger partial charge in [-0.05, 0) is 46.6 Å². The van der Waals surface area contributed by atoms with Crippen molar-refractivity contribution in [3.05, 3.63) is 11.6 Å². The van der Waals surface area contributed by atoms with Gasteiger partial charge >= 0.3 is 5.97 Å². The molecule has 1 N–H and O–H groups in total. The molecule has 112 valence electrons. The summed E-state index contributed by atoms with van der Waals surface area (Å²) < 4.78 is 11.6. The zero-order chi connectivity index (χ0) is 14.3. The summed E-state index contributed by atoms with van der Waals surface area (Å²) in [6.07, 6.45) is 6.54. The Morgan fingerprint density at radius 1 is 1.50 bits per heavy atom. The number of ether oxygens (including phenoxy) is 2. The minimum absolute atomic E-state index is 0.0225. The molecule has 2 heterocycles. The van der Waals surface area contributed by atoms with Gasteiger partial charge < -0.3 is 14.8 Å². The number of carbonyl (C=O) groups excluding carboxylic acids is 1. The van der Waals surface area contributed by atoms with E-state index in [1.165, 1.54) is 5.57 Å². The average Bonchev–Trinajstić information content (AvgIpc) is 2.97. The topological polar surface area (TPSA) is 50.9 Å². The molecule has 0 amide bonds. The zero-order valence-electron chi connectivity index (χ0n) is 12.6. The number of hydrogen-bond donors (Lipinski definition) is 1. The van der Waals surface area contributed by atoms with E-state index in [0.717, 1.165) is 25.7 Å². The van der Waals surface area contributed by atoms with Crippen LogP contribution in [0.2, 0.25) is 0 Å². The Balaban J connectivity index is 1.83. The predicted molar refractivity (Wildman–Crippen MR) is 76.3 cm³/mol. The third kappa shape index (κ3) is 2.40. The third-order valence-electron chi connectivity index (χ3n) is 5.16. The highest BCUT2D eigenvalue weighted by molar-refractivity contribution is 5.75. The molecule has 0 aromatic rings. The third-order valence-corrected chi connectivity index (χ3v) is 5.16. The second-order valence-electron chi connectivity index (χ2n) is 6.71. The molecule has 2 aliphatic heterocycles. The molecular weight excluding hydrogens is 254 g/mol. The number of epoxide rings is 1. The highest BCUT2D eigenvalue weighted by Gasteiger charge is 2.62. The van der Waals surface area contributed by atoms with Crippen molar-refractivity contribution in [1.29, 1.82) is 0 Å². The number of rotatable bonds is 2. The first-order valence-corrected chi connectivity index (χ1v) is 7.74. The van der Waals surface area contributed by atoms with Crippen molar-refractivity contribution in [3.8, 4) is 0 Å². The highest BCUT2D eigenvalue weighted by Crippen LogP contribution is 2.50. The van der Waals surface area contributed by atoms with E-state index in [1.807, 2.05) is 7.05 Å². The second kappa shape index (κ2) is 5.15. The summed E-state index contributed by atoms with van der Waals surface area (Å²) in [6, 6.07) is 0. The number of carbonyl (C=O) groups is 1. The van der Waals surface area contributed by atoms with E-state index in [9.17, 15) is 4.79 Å². The fourth-order valence-corrected chi connectivity index (χ4v) is 3.79. The van der Waals surface area contributed by atoms with Crippen LogP contribution in [0.25, 0.3) is 0 Å². The van der Waals surface area contributed by atoms with Gasteiger partial charge in [-0.1, -0.05) is 11.6 Å². The molecule has 3 rings (SSSR count). The lowest BCUT2D eigenvalue weighted by molar-refractivity contribution is -0.144. The summed E-state index contributed by atoms with van der Waals surface area (Å²) in [6.45, 7) is 5.04. The number of hydrogen-bond acceptors (Lipinski definition) is 4. The quantitative estimate of drug-likeness (QED) is 0.477. The maximum Gasteiger partial charge on any atom is 0.311 e. The van der Waals surface area contributed by atoms with Crippen molar-refractivity contribution in [2.75, 3.05) is 13.6 Å². The number of esters is 1. The molecule has 4 heteroatoms. The van der Waals surface area contributed by atoms with E-state index in [0.29, 0.717) is 6.54 Å². The number of fused-ring (bicyclic) bond motifs is 3. The smallest absolute Gasteiger partial charge is 0.311 e. The molecule has 1 aliphatic carbocycles. The van der Waals surface area contributed by atoms with E-state index in [2.05, 4.69) is 25.2 Å². The zero-order valence-corrected chi connectivity index (χ0v) is 12.6. The molecule has 0 aromatic heterocycles. The van der Waals surface area contributed by atoms with Crippen LogP contribution in [0.3, 0.4) is 0 Å². The Kier molecular flexibility index (Phi) is 3.63. The maximum absolute atomic E-state index is 12.1. The Hall–Kier alpha value is -0.870. The summed E-state index contributed by atoms with van der Waals surface area (Å²) >= 11 is 0. The molecule has 5 atom stereocenters. The normalized spacial score (nSPS) is 44.1. The summed E-state index contributed by atoms with van der Waals surface area (Å²) in [5.74, 6) is 0.210. The fourth-order valence-electron chi connectivity index (χ4n) is 3.79. The molecule has 20 heavy (non-hydrogen) atoms. The molecule has 4 nitrogen and oxygen atoms in total. The molecule has 0 saturated carbocycles. The Bertz CT molecular complexity index is 433. The van der Waals surface area contributed by atoms with Crippen LogP contribution in [-0.4, -0.2) is 37.4 Å². The number of allylic oxidation sites excluding steroid dienone is 2. The van der Waals surface area contributed by atoms with E-state index in [1.54, 1.807) is 0 Å². The van der Waals surface area contributed by atoms with Gasteiger partial charge in [0.25, 0.3) is 0 Å². The fraction of sp³-hybridized carbons (Fsp3) is 0.812. The lowest BCUT2D eigenvalue weighted by Gasteiger charge is -2.22. The summed E-state index contributed by atoms with van der Waals surface area (Å²) in [7, 11) is 1.89. The van der Waals surface area contributed by atoms with Crippen molar-refractivity contribution in [2.24, 2.45) is 11.8 Å². The van der Waals surface area contributed by atoms with Crippen LogP contribution in [0.1, 0.15) is 39.5 Å². The van der Waals surface area contributed by atoms with Crippen LogP contribution in [0.5, 0.6) is 0 Å². The van der Waals surface area contributed by atoms with Gasteiger partial charge in [-0.3, -0.25) is 4.79 Å². The van der Waals surface area contributed by atoms with E-state index < -0.39 is 0 Å². The first kappa shape index (κ1) is 14.1. The van der Waals surface area contributed by atoms with Crippen LogP contribution in [-0.2, 0) is 14.3 Å². The SMILES string of the molecule is CNC[C@@H]1C(=O)O[C@H]2[C@H]1CCC(C)=CCC[C@@]1(C)O[C@@H]21. The van der Waals surface area contributed by atoms with Gasteiger partial charge in [0.15, 0.2) is 0 Å². The minimum Gasteiger partial charge on any atom is -0.459 e. The van der Waals surface area contributed by atoms with Gasteiger partial charge in [0, 0.05) is 12.5 Å². The van der Waals surface area contributed by atoms with Crippen LogP contribution in [0.4, 0.5) is 0 Å². The maximum atomic E-state index is 12.1. The molecule has 0 bridgehead atoms. The van der Waals surface area contributed by atoms with E-state index in [-0.39, 0.29) is 35.6 Å². The molecular formula is C16H25NO3. The molecule has 0 radical (unpaired) electrons. The lowest BCUT2D eigenvalue weighted by atomic mass is 9.80. The van der Waals surface area contributed by atoms with Crippen LogP contribution in [0, 0.1) is 11.8 Å². The Morgan fingerprint density at radius 2 is 2.30 bits per heavy atom. The van der Waals surface area contributed by atoms with Crippen molar-refractivity contribution in [3.63, 3.8) is 0 Å². The number of nitrogens with one attached hydrogen (secondary N) is 1. The molecule has 2 saturated heterocycles. The minimum atomic E-state index is -0.0914. The van der Waals surface area contributed by atoms with Crippen LogP contribution < -0.4 is 5.32 Å². The van der Waals surface area contributed by atoms with Gasteiger partial charge in [0.05, 0.1) is 11.5 Å². The first-order valence-electron chi connectivity index (χ1n) is 7.74. The second-order valence-corrected chi connectivity index (χ2v) is 6.71. The summed E-state index contributed by atoms with van der Waals surface area (Å²) in [5.41, 5.74) is 1.33. The first-order chi connectivity index (χ1) is 9.55. The largest absolute Gasteiger partial charge is 0.459 e. The molecule has 3 aliphatic rings.